The van der Waals surface area contributed by atoms with Gasteiger partial charge in [-0.2, -0.15) is 0 Å². The van der Waals surface area contributed by atoms with Crippen LogP contribution in [0.1, 0.15) is 26.3 Å². The maximum Gasteiger partial charge on any atom is 0.191 e. The van der Waals surface area contributed by atoms with E-state index in [1.165, 1.54) is 0 Å². The summed E-state index contributed by atoms with van der Waals surface area (Å²) in [6, 6.07) is 7.38. The topological polar surface area (TPSA) is 69.1 Å². The molecule has 6 heteroatoms. The molecule has 1 saturated heterocycles. The van der Waals surface area contributed by atoms with E-state index < -0.39 is 0 Å². The van der Waals surface area contributed by atoms with E-state index in [2.05, 4.69) is 36.3 Å². The molecule has 140 valence electrons. The van der Waals surface area contributed by atoms with Crippen LogP contribution in [0.4, 0.5) is 0 Å². The fourth-order valence-electron chi connectivity index (χ4n) is 2.92. The van der Waals surface area contributed by atoms with Crippen molar-refractivity contribution in [3.8, 4) is 5.75 Å². The molecule has 1 heterocycles. The van der Waals surface area contributed by atoms with Crippen LogP contribution < -0.4 is 10.6 Å². The van der Waals surface area contributed by atoms with Crippen LogP contribution in [0.25, 0.3) is 0 Å². The molecule has 0 saturated carbocycles. The lowest BCUT2D eigenvalue weighted by Crippen LogP contribution is -2.52. The molecule has 3 N–H and O–H groups in total. The van der Waals surface area contributed by atoms with Crippen LogP contribution in [0.2, 0.25) is 0 Å². The van der Waals surface area contributed by atoms with Gasteiger partial charge in [-0.3, -0.25) is 9.89 Å². The zero-order valence-corrected chi connectivity index (χ0v) is 15.7. The van der Waals surface area contributed by atoms with Gasteiger partial charge in [0.05, 0.1) is 19.8 Å². The summed E-state index contributed by atoms with van der Waals surface area (Å²) in [7, 11) is 0. The van der Waals surface area contributed by atoms with Gasteiger partial charge < -0.3 is 20.5 Å². The highest BCUT2D eigenvalue weighted by Crippen LogP contribution is 2.16. The SMILES string of the molecule is CCNC(=NCC(C)(C)N1CCOCC1)NCCc1cccc(O)c1. The predicted octanol–water partition coefficient (Wildman–Crippen LogP) is 1.60. The quantitative estimate of drug-likeness (QED) is 0.516. The van der Waals surface area contributed by atoms with Gasteiger partial charge in [0.15, 0.2) is 5.96 Å². The molecule has 1 aromatic rings. The summed E-state index contributed by atoms with van der Waals surface area (Å²) in [4.78, 5) is 7.21. The molecule has 0 atom stereocenters. The van der Waals surface area contributed by atoms with E-state index in [1.807, 2.05) is 12.1 Å². The number of phenolic OH excluding ortho intramolecular Hbond substituents is 1. The number of aromatic hydroxyl groups is 1. The fourth-order valence-corrected chi connectivity index (χ4v) is 2.92. The van der Waals surface area contributed by atoms with E-state index in [1.54, 1.807) is 12.1 Å². The summed E-state index contributed by atoms with van der Waals surface area (Å²) in [6.07, 6.45) is 0.839. The molecule has 0 amide bonds. The minimum absolute atomic E-state index is 0.0113. The molecule has 0 bridgehead atoms. The lowest BCUT2D eigenvalue weighted by Gasteiger charge is -2.39. The second-order valence-electron chi connectivity index (χ2n) is 6.95. The Morgan fingerprint density at radius 3 is 2.72 bits per heavy atom. The van der Waals surface area contributed by atoms with E-state index in [-0.39, 0.29) is 5.54 Å². The van der Waals surface area contributed by atoms with Crippen molar-refractivity contribution in [1.29, 1.82) is 0 Å². The Kier molecular flexibility index (Phi) is 7.52. The number of ether oxygens (including phenoxy) is 1. The molecule has 25 heavy (non-hydrogen) atoms. The van der Waals surface area contributed by atoms with Crippen LogP contribution in [0.3, 0.4) is 0 Å². The summed E-state index contributed by atoms with van der Waals surface area (Å²) < 4.78 is 5.44. The summed E-state index contributed by atoms with van der Waals surface area (Å²) in [6.45, 7) is 12.4. The lowest BCUT2D eigenvalue weighted by atomic mass is 10.0. The van der Waals surface area contributed by atoms with Gasteiger partial charge in [0, 0.05) is 31.7 Å². The molecule has 1 aliphatic rings. The third kappa shape index (κ3) is 6.55. The van der Waals surface area contributed by atoms with E-state index in [0.717, 1.165) is 63.9 Å². The normalized spacial score (nSPS) is 16.7. The molecular formula is C19H32N4O2. The Bertz CT molecular complexity index is 554. The molecule has 1 fully saturated rings. The van der Waals surface area contributed by atoms with Gasteiger partial charge in [-0.15, -0.1) is 0 Å². The second-order valence-corrected chi connectivity index (χ2v) is 6.95. The van der Waals surface area contributed by atoms with Crippen molar-refractivity contribution in [2.24, 2.45) is 4.99 Å². The minimum atomic E-state index is 0.0113. The van der Waals surface area contributed by atoms with Crippen molar-refractivity contribution >= 4 is 5.96 Å². The summed E-state index contributed by atoms with van der Waals surface area (Å²) in [5, 5.41) is 16.2. The van der Waals surface area contributed by atoms with Crippen molar-refractivity contribution in [2.75, 3.05) is 45.9 Å². The van der Waals surface area contributed by atoms with Crippen LogP contribution in [-0.4, -0.2) is 67.4 Å². The zero-order chi connectivity index (χ0) is 18.1. The average molecular weight is 348 g/mol. The largest absolute Gasteiger partial charge is 0.508 e. The van der Waals surface area contributed by atoms with Gasteiger partial charge in [-0.05, 0) is 44.9 Å². The Morgan fingerprint density at radius 2 is 2.04 bits per heavy atom. The van der Waals surface area contributed by atoms with Crippen LogP contribution in [0.15, 0.2) is 29.3 Å². The molecule has 0 spiro atoms. The summed E-state index contributed by atoms with van der Waals surface area (Å²) in [5.41, 5.74) is 1.12. The number of phenols is 1. The van der Waals surface area contributed by atoms with Crippen LogP contribution in [0.5, 0.6) is 5.75 Å². The Morgan fingerprint density at radius 1 is 1.28 bits per heavy atom. The predicted molar refractivity (Wildman–Crippen MR) is 102 cm³/mol. The van der Waals surface area contributed by atoms with E-state index in [9.17, 15) is 5.11 Å². The molecule has 2 rings (SSSR count). The number of hydrogen-bond donors (Lipinski definition) is 3. The molecule has 1 aromatic carbocycles. The fraction of sp³-hybridized carbons (Fsp3) is 0.632. The van der Waals surface area contributed by atoms with E-state index in [0.29, 0.717) is 5.75 Å². The number of guanidine groups is 1. The average Bonchev–Trinajstić information content (AvgIpc) is 2.60. The monoisotopic (exact) mass is 348 g/mol. The van der Waals surface area contributed by atoms with Crippen molar-refractivity contribution in [3.05, 3.63) is 29.8 Å². The smallest absolute Gasteiger partial charge is 0.191 e. The Hall–Kier alpha value is -1.79. The number of nitrogens with zero attached hydrogens (tertiary/aromatic N) is 2. The highest BCUT2D eigenvalue weighted by atomic mass is 16.5. The number of morpholine rings is 1. The first-order valence-corrected chi connectivity index (χ1v) is 9.14. The van der Waals surface area contributed by atoms with Crippen molar-refractivity contribution in [1.82, 2.24) is 15.5 Å². The van der Waals surface area contributed by atoms with Crippen LogP contribution in [-0.2, 0) is 11.2 Å². The van der Waals surface area contributed by atoms with Gasteiger partial charge in [-0.1, -0.05) is 12.1 Å². The molecule has 1 aliphatic heterocycles. The van der Waals surface area contributed by atoms with Crippen molar-refractivity contribution in [2.45, 2.75) is 32.7 Å². The zero-order valence-electron chi connectivity index (χ0n) is 15.7. The van der Waals surface area contributed by atoms with Gasteiger partial charge in [0.2, 0.25) is 0 Å². The summed E-state index contributed by atoms with van der Waals surface area (Å²) >= 11 is 0. The molecule has 0 aromatic heterocycles. The van der Waals surface area contributed by atoms with Crippen LogP contribution in [0, 0.1) is 0 Å². The van der Waals surface area contributed by atoms with Crippen molar-refractivity contribution in [3.63, 3.8) is 0 Å². The standard InChI is InChI=1S/C19H32N4O2/c1-4-20-18(21-9-8-16-6-5-7-17(24)14-16)22-15-19(2,3)23-10-12-25-13-11-23/h5-7,14,24H,4,8-13,15H2,1-3H3,(H2,20,21,22). The number of benzene rings is 1. The maximum absolute atomic E-state index is 9.53. The first-order valence-electron chi connectivity index (χ1n) is 9.14. The summed E-state index contributed by atoms with van der Waals surface area (Å²) in [5.74, 6) is 1.15. The van der Waals surface area contributed by atoms with E-state index >= 15 is 0 Å². The van der Waals surface area contributed by atoms with Gasteiger partial charge >= 0.3 is 0 Å². The highest BCUT2D eigenvalue weighted by molar-refractivity contribution is 5.79. The lowest BCUT2D eigenvalue weighted by molar-refractivity contribution is -0.00683. The molecule has 0 unspecified atom stereocenters. The Balaban J connectivity index is 1.86. The van der Waals surface area contributed by atoms with Crippen LogP contribution >= 0.6 is 0 Å². The first-order chi connectivity index (χ1) is 12.0. The number of nitrogens with one attached hydrogen (secondary N) is 2. The second kappa shape index (κ2) is 9.63. The van der Waals surface area contributed by atoms with Gasteiger partial charge in [0.1, 0.15) is 5.75 Å². The minimum Gasteiger partial charge on any atom is -0.508 e. The maximum atomic E-state index is 9.53. The van der Waals surface area contributed by atoms with E-state index in [4.69, 9.17) is 9.73 Å². The van der Waals surface area contributed by atoms with Crippen molar-refractivity contribution < 1.29 is 9.84 Å². The molecule has 6 nitrogen and oxygen atoms in total. The molecule has 0 aliphatic carbocycles. The number of hydrogen-bond acceptors (Lipinski definition) is 4. The number of rotatable bonds is 7. The molecular weight excluding hydrogens is 316 g/mol. The molecule has 0 radical (unpaired) electrons. The van der Waals surface area contributed by atoms with Gasteiger partial charge in [-0.25, -0.2) is 0 Å². The van der Waals surface area contributed by atoms with Gasteiger partial charge in [0.25, 0.3) is 0 Å². The Labute approximate surface area is 151 Å². The third-order valence-electron chi connectivity index (χ3n) is 4.45. The highest BCUT2D eigenvalue weighted by Gasteiger charge is 2.28. The first kappa shape index (κ1) is 19.5. The number of aliphatic imine (C=N–C) groups is 1. The third-order valence-corrected chi connectivity index (χ3v) is 4.45.